The molecule has 1 fully saturated rings. The molecule has 1 aromatic heterocycles. The lowest BCUT2D eigenvalue weighted by molar-refractivity contribution is -0.138. The minimum absolute atomic E-state index is 0.0893. The van der Waals surface area contributed by atoms with Gasteiger partial charge in [0.25, 0.3) is 0 Å². The maximum Gasteiger partial charge on any atom is 0.320 e. The minimum atomic E-state index is -1.03. The fraction of sp³-hybridized carbons (Fsp3) is 0.750. The van der Waals surface area contributed by atoms with Crippen molar-refractivity contribution >= 4 is 5.97 Å². The molecule has 20 heavy (non-hydrogen) atoms. The van der Waals surface area contributed by atoms with Crippen LogP contribution in [0.5, 0.6) is 0 Å². The Morgan fingerprint density at radius 3 is 3.20 bits per heavy atom. The van der Waals surface area contributed by atoms with Crippen molar-refractivity contribution < 1.29 is 14.6 Å². The van der Waals surface area contributed by atoms with Crippen LogP contribution < -0.4 is 5.73 Å². The van der Waals surface area contributed by atoms with Crippen LogP contribution >= 0.6 is 0 Å². The van der Waals surface area contributed by atoms with Crippen molar-refractivity contribution in [1.82, 2.24) is 19.9 Å². The zero-order valence-corrected chi connectivity index (χ0v) is 11.6. The van der Waals surface area contributed by atoms with Gasteiger partial charge in [-0.15, -0.1) is 5.10 Å². The molecule has 2 rings (SSSR count). The number of aliphatic carboxylic acids is 1. The highest BCUT2D eigenvalue weighted by Crippen LogP contribution is 2.07. The third kappa shape index (κ3) is 3.99. The number of hydrogen-bond acceptors (Lipinski definition) is 6. The summed E-state index contributed by atoms with van der Waals surface area (Å²) >= 11 is 0. The van der Waals surface area contributed by atoms with Crippen molar-refractivity contribution in [1.29, 1.82) is 0 Å². The Bertz CT molecular complexity index is 450. The number of ether oxygens (including phenoxy) is 1. The molecule has 0 radical (unpaired) electrons. The van der Waals surface area contributed by atoms with Crippen LogP contribution in [-0.4, -0.2) is 69.4 Å². The number of aromatic nitrogens is 3. The van der Waals surface area contributed by atoms with Gasteiger partial charge in [0.2, 0.25) is 0 Å². The van der Waals surface area contributed by atoms with Crippen molar-refractivity contribution in [3.05, 3.63) is 11.9 Å². The van der Waals surface area contributed by atoms with Crippen molar-refractivity contribution in [2.45, 2.75) is 32.0 Å². The van der Waals surface area contributed by atoms with Gasteiger partial charge >= 0.3 is 5.97 Å². The fourth-order valence-electron chi connectivity index (χ4n) is 2.22. The Balaban J connectivity index is 1.87. The summed E-state index contributed by atoms with van der Waals surface area (Å²) in [5.74, 6) is -1.03. The summed E-state index contributed by atoms with van der Waals surface area (Å²) in [4.78, 5) is 13.0. The molecule has 0 bridgehead atoms. The lowest BCUT2D eigenvalue weighted by atomic mass is 10.2. The first kappa shape index (κ1) is 14.9. The number of hydrogen-bond donors (Lipinski definition) is 2. The van der Waals surface area contributed by atoms with Gasteiger partial charge in [-0.2, -0.15) is 0 Å². The summed E-state index contributed by atoms with van der Waals surface area (Å²) in [6.45, 7) is 6.32. The molecule has 2 unspecified atom stereocenters. The normalized spacial score (nSPS) is 21.8. The number of carboxylic acid groups (broad SMARTS) is 1. The molecule has 0 saturated carbocycles. The first-order chi connectivity index (χ1) is 9.58. The van der Waals surface area contributed by atoms with Crippen LogP contribution in [0.3, 0.4) is 0 Å². The summed E-state index contributed by atoms with van der Waals surface area (Å²) in [5.41, 5.74) is 6.06. The molecule has 0 spiro atoms. The summed E-state index contributed by atoms with van der Waals surface area (Å²) in [5, 5.41) is 16.7. The van der Waals surface area contributed by atoms with E-state index in [-0.39, 0.29) is 12.5 Å². The van der Waals surface area contributed by atoms with Crippen molar-refractivity contribution in [2.24, 2.45) is 5.73 Å². The molecule has 0 aromatic carbocycles. The highest BCUT2D eigenvalue weighted by molar-refractivity contribution is 5.73. The minimum Gasteiger partial charge on any atom is -0.480 e. The standard InChI is InChI=1S/C12H21N5O3/c1-2-16-3-4-20-10(7-16)8-17-6-9(14-15-17)5-11(13)12(18)19/h6,10-11H,2-5,7-8,13H2,1H3,(H,18,19). The zero-order chi connectivity index (χ0) is 14.5. The quantitative estimate of drug-likeness (QED) is 0.686. The molecule has 8 heteroatoms. The maximum absolute atomic E-state index is 10.7. The van der Waals surface area contributed by atoms with Crippen LogP contribution in [0.1, 0.15) is 12.6 Å². The maximum atomic E-state index is 10.7. The molecule has 2 atom stereocenters. The second kappa shape index (κ2) is 6.78. The fourth-order valence-corrected chi connectivity index (χ4v) is 2.22. The van der Waals surface area contributed by atoms with Gasteiger partial charge in [-0.25, -0.2) is 4.68 Å². The summed E-state index contributed by atoms with van der Waals surface area (Å²) in [6, 6.07) is -0.943. The number of rotatable bonds is 6. The number of likely N-dealkylation sites (N-methyl/N-ethyl adjacent to an activating group) is 1. The molecular weight excluding hydrogens is 262 g/mol. The molecule has 1 aliphatic rings. The van der Waals surface area contributed by atoms with Gasteiger partial charge < -0.3 is 15.6 Å². The smallest absolute Gasteiger partial charge is 0.320 e. The Morgan fingerprint density at radius 1 is 1.70 bits per heavy atom. The number of nitrogens with two attached hydrogens (primary N) is 1. The van der Waals surface area contributed by atoms with Gasteiger partial charge in [0.15, 0.2) is 0 Å². The molecule has 8 nitrogen and oxygen atoms in total. The number of carboxylic acids is 1. The van der Waals surface area contributed by atoms with Crippen molar-refractivity contribution in [3.63, 3.8) is 0 Å². The predicted molar refractivity (Wildman–Crippen MR) is 71.2 cm³/mol. The largest absolute Gasteiger partial charge is 0.480 e. The molecule has 3 N–H and O–H groups in total. The van der Waals surface area contributed by atoms with E-state index in [0.717, 1.165) is 26.2 Å². The number of carbonyl (C=O) groups is 1. The Labute approximate surface area is 117 Å². The highest BCUT2D eigenvalue weighted by Gasteiger charge is 2.20. The van der Waals surface area contributed by atoms with Gasteiger partial charge in [0.05, 0.1) is 24.9 Å². The average molecular weight is 283 g/mol. The van der Waals surface area contributed by atoms with E-state index in [2.05, 4.69) is 22.1 Å². The van der Waals surface area contributed by atoms with Crippen LogP contribution in [0.25, 0.3) is 0 Å². The van der Waals surface area contributed by atoms with Crippen molar-refractivity contribution in [2.75, 3.05) is 26.2 Å². The molecule has 1 saturated heterocycles. The third-order valence-corrected chi connectivity index (χ3v) is 3.39. The second-order valence-electron chi connectivity index (χ2n) is 4.97. The van der Waals surface area contributed by atoms with E-state index in [4.69, 9.17) is 15.6 Å². The zero-order valence-electron chi connectivity index (χ0n) is 11.6. The Kier molecular flexibility index (Phi) is 5.05. The van der Waals surface area contributed by atoms with Gasteiger partial charge in [-0.3, -0.25) is 9.69 Å². The van der Waals surface area contributed by atoms with Gasteiger partial charge in [0, 0.05) is 25.7 Å². The second-order valence-corrected chi connectivity index (χ2v) is 4.97. The van der Waals surface area contributed by atoms with E-state index in [9.17, 15) is 4.79 Å². The predicted octanol–water partition coefficient (Wildman–Crippen LogP) is -1.05. The highest BCUT2D eigenvalue weighted by atomic mass is 16.5. The Morgan fingerprint density at radius 2 is 2.50 bits per heavy atom. The van der Waals surface area contributed by atoms with E-state index in [0.29, 0.717) is 12.2 Å². The van der Waals surface area contributed by atoms with Crippen LogP contribution in [0.2, 0.25) is 0 Å². The summed E-state index contributed by atoms with van der Waals surface area (Å²) in [7, 11) is 0. The molecule has 112 valence electrons. The van der Waals surface area contributed by atoms with Crippen LogP contribution in [0.4, 0.5) is 0 Å². The van der Waals surface area contributed by atoms with Crippen LogP contribution in [0.15, 0.2) is 6.20 Å². The first-order valence-electron chi connectivity index (χ1n) is 6.79. The Hall–Kier alpha value is -1.51. The van der Waals surface area contributed by atoms with Crippen LogP contribution in [0, 0.1) is 0 Å². The topological polar surface area (TPSA) is 106 Å². The molecule has 0 aliphatic carbocycles. The number of morpholine rings is 1. The average Bonchev–Trinajstić information content (AvgIpc) is 2.86. The third-order valence-electron chi connectivity index (χ3n) is 3.39. The van der Waals surface area contributed by atoms with E-state index in [1.807, 2.05) is 0 Å². The lowest BCUT2D eigenvalue weighted by Crippen LogP contribution is -2.44. The van der Waals surface area contributed by atoms with Gasteiger partial charge in [0.1, 0.15) is 6.04 Å². The SMILES string of the molecule is CCN1CCOC(Cn2cc(CC(N)C(=O)O)nn2)C1. The monoisotopic (exact) mass is 283 g/mol. The van der Waals surface area contributed by atoms with E-state index in [1.165, 1.54) is 0 Å². The first-order valence-corrected chi connectivity index (χ1v) is 6.79. The van der Waals surface area contributed by atoms with E-state index < -0.39 is 12.0 Å². The number of nitrogens with zero attached hydrogens (tertiary/aromatic N) is 4. The van der Waals surface area contributed by atoms with Crippen molar-refractivity contribution in [3.8, 4) is 0 Å². The summed E-state index contributed by atoms with van der Waals surface area (Å²) in [6.07, 6.45) is 2.00. The molecular formula is C12H21N5O3. The van der Waals surface area contributed by atoms with E-state index in [1.54, 1.807) is 10.9 Å². The van der Waals surface area contributed by atoms with Gasteiger partial charge in [-0.05, 0) is 6.54 Å². The molecule has 0 amide bonds. The van der Waals surface area contributed by atoms with Gasteiger partial charge in [-0.1, -0.05) is 12.1 Å². The molecule has 1 aromatic rings. The molecule has 1 aliphatic heterocycles. The van der Waals surface area contributed by atoms with E-state index >= 15 is 0 Å². The molecule has 2 heterocycles. The van der Waals surface area contributed by atoms with Crippen LogP contribution in [-0.2, 0) is 22.5 Å². The lowest BCUT2D eigenvalue weighted by Gasteiger charge is -2.31. The summed E-state index contributed by atoms with van der Waals surface area (Å²) < 4.78 is 7.38.